The molecule has 1 aromatic carbocycles. The van der Waals surface area contributed by atoms with Crippen molar-refractivity contribution in [3.05, 3.63) is 47.7 Å². The number of carbonyl (C=O) groups is 1. The average Bonchev–Trinajstić information content (AvgIpc) is 3.20. The van der Waals surface area contributed by atoms with Crippen LogP contribution in [0.4, 0.5) is 5.82 Å². The number of hydrogen-bond acceptors (Lipinski definition) is 6. The summed E-state index contributed by atoms with van der Waals surface area (Å²) >= 11 is 0. The zero-order valence-electron chi connectivity index (χ0n) is 16.3. The molecule has 0 aliphatic carbocycles. The van der Waals surface area contributed by atoms with E-state index in [-0.39, 0.29) is 5.91 Å². The highest BCUT2D eigenvalue weighted by Gasteiger charge is 2.26. The van der Waals surface area contributed by atoms with Gasteiger partial charge in [-0.2, -0.15) is 0 Å². The number of aryl methyl sites for hydroxylation is 1. The number of para-hydroxylation sites is 2. The molecule has 0 saturated carbocycles. The highest BCUT2D eigenvalue weighted by atomic mass is 16.5. The van der Waals surface area contributed by atoms with Gasteiger partial charge in [-0.05, 0) is 18.6 Å². The number of fused-ring (bicyclic) bond motifs is 2. The van der Waals surface area contributed by atoms with Crippen LogP contribution in [0.5, 0.6) is 0 Å². The number of ether oxygens (including phenoxy) is 1. The van der Waals surface area contributed by atoms with E-state index < -0.39 is 0 Å². The zero-order valence-corrected chi connectivity index (χ0v) is 16.3. The third-order valence-corrected chi connectivity index (χ3v) is 5.66. The number of aromatic nitrogens is 4. The third kappa shape index (κ3) is 3.67. The van der Waals surface area contributed by atoms with Crippen molar-refractivity contribution in [1.82, 2.24) is 24.8 Å². The summed E-state index contributed by atoms with van der Waals surface area (Å²) in [7, 11) is 0. The van der Waals surface area contributed by atoms with Crippen molar-refractivity contribution >= 4 is 22.8 Å². The lowest BCUT2D eigenvalue weighted by atomic mass is 10.0. The van der Waals surface area contributed by atoms with Gasteiger partial charge in [0.2, 0.25) is 5.91 Å². The molecule has 2 aliphatic rings. The van der Waals surface area contributed by atoms with Crippen molar-refractivity contribution in [2.45, 2.75) is 25.8 Å². The fourth-order valence-corrected chi connectivity index (χ4v) is 4.11. The second kappa shape index (κ2) is 7.79. The van der Waals surface area contributed by atoms with E-state index in [0.717, 1.165) is 61.1 Å². The second-order valence-corrected chi connectivity index (χ2v) is 7.49. The van der Waals surface area contributed by atoms with Crippen molar-refractivity contribution in [3.8, 4) is 0 Å². The molecule has 1 amide bonds. The Labute approximate surface area is 168 Å². The first-order chi connectivity index (χ1) is 14.3. The molecule has 0 radical (unpaired) electrons. The molecule has 3 aromatic rings. The molecule has 2 aliphatic heterocycles. The highest BCUT2D eigenvalue weighted by Crippen LogP contribution is 2.26. The van der Waals surface area contributed by atoms with E-state index in [0.29, 0.717) is 25.9 Å². The lowest BCUT2D eigenvalue weighted by Crippen LogP contribution is -2.40. The Morgan fingerprint density at radius 1 is 1.14 bits per heavy atom. The first-order valence-corrected chi connectivity index (χ1v) is 10.1. The highest BCUT2D eigenvalue weighted by molar-refractivity contribution is 5.77. The maximum Gasteiger partial charge on any atom is 0.223 e. The van der Waals surface area contributed by atoms with Crippen LogP contribution >= 0.6 is 0 Å². The third-order valence-electron chi connectivity index (χ3n) is 5.66. The standard InChI is InChI=1S/C21H24N6O2/c28-20(6-5-19-24-16-3-1-2-4-17(16)25-19)27-8-7-15-18(13-27)22-14-23-21(15)26-9-11-29-12-10-26/h1-4,14H,5-13H2,(H,24,25). The fraction of sp³-hybridized carbons (Fsp3) is 0.429. The number of carbonyl (C=O) groups excluding carboxylic acids is 1. The van der Waals surface area contributed by atoms with Crippen molar-refractivity contribution in [3.63, 3.8) is 0 Å². The first kappa shape index (κ1) is 18.1. The van der Waals surface area contributed by atoms with Gasteiger partial charge in [0.05, 0.1) is 36.5 Å². The molecule has 2 aromatic heterocycles. The molecule has 1 N–H and O–H groups in total. The van der Waals surface area contributed by atoms with Gasteiger partial charge in [0.15, 0.2) is 0 Å². The van der Waals surface area contributed by atoms with E-state index in [1.54, 1.807) is 6.33 Å². The lowest BCUT2D eigenvalue weighted by molar-refractivity contribution is -0.132. The molecule has 1 fully saturated rings. The van der Waals surface area contributed by atoms with Crippen molar-refractivity contribution in [2.75, 3.05) is 37.7 Å². The Bertz CT molecular complexity index is 994. The number of nitrogens with one attached hydrogen (secondary N) is 1. The number of rotatable bonds is 4. The summed E-state index contributed by atoms with van der Waals surface area (Å²) in [6, 6.07) is 7.93. The maximum atomic E-state index is 12.8. The van der Waals surface area contributed by atoms with Crippen molar-refractivity contribution in [2.24, 2.45) is 0 Å². The van der Waals surface area contributed by atoms with E-state index in [2.05, 4.69) is 24.8 Å². The monoisotopic (exact) mass is 392 g/mol. The van der Waals surface area contributed by atoms with Crippen LogP contribution in [-0.2, 0) is 28.9 Å². The van der Waals surface area contributed by atoms with Gasteiger partial charge in [-0.15, -0.1) is 0 Å². The molecule has 0 unspecified atom stereocenters. The number of H-pyrrole nitrogens is 1. The quantitative estimate of drug-likeness (QED) is 0.727. The second-order valence-electron chi connectivity index (χ2n) is 7.49. The number of aromatic amines is 1. The maximum absolute atomic E-state index is 12.8. The summed E-state index contributed by atoms with van der Waals surface area (Å²) in [4.78, 5) is 33.8. The summed E-state index contributed by atoms with van der Waals surface area (Å²) in [6.07, 6.45) is 3.46. The summed E-state index contributed by atoms with van der Waals surface area (Å²) < 4.78 is 5.45. The SMILES string of the molecule is O=C(CCc1nc2ccccc2[nH]1)N1CCc2c(ncnc2N2CCOCC2)C1. The number of anilines is 1. The molecular weight excluding hydrogens is 368 g/mol. The molecule has 8 nitrogen and oxygen atoms in total. The molecule has 0 spiro atoms. The number of amides is 1. The average molecular weight is 392 g/mol. The minimum atomic E-state index is 0.141. The van der Waals surface area contributed by atoms with Crippen LogP contribution in [-0.4, -0.2) is 63.6 Å². The smallest absolute Gasteiger partial charge is 0.223 e. The first-order valence-electron chi connectivity index (χ1n) is 10.1. The molecule has 150 valence electrons. The topological polar surface area (TPSA) is 87.2 Å². The van der Waals surface area contributed by atoms with Crippen molar-refractivity contribution < 1.29 is 9.53 Å². The Morgan fingerprint density at radius 2 is 2.00 bits per heavy atom. The molecule has 29 heavy (non-hydrogen) atoms. The van der Waals surface area contributed by atoms with E-state index >= 15 is 0 Å². The van der Waals surface area contributed by atoms with Crippen LogP contribution in [0.2, 0.25) is 0 Å². The van der Waals surface area contributed by atoms with Gasteiger partial charge in [0, 0.05) is 38.0 Å². The minimum absolute atomic E-state index is 0.141. The van der Waals surface area contributed by atoms with E-state index in [9.17, 15) is 4.79 Å². The minimum Gasteiger partial charge on any atom is -0.378 e. The van der Waals surface area contributed by atoms with Crippen LogP contribution in [0.25, 0.3) is 11.0 Å². The number of hydrogen-bond donors (Lipinski definition) is 1. The van der Waals surface area contributed by atoms with Gasteiger partial charge >= 0.3 is 0 Å². The molecule has 1 saturated heterocycles. The van der Waals surface area contributed by atoms with Gasteiger partial charge in [0.25, 0.3) is 0 Å². The van der Waals surface area contributed by atoms with Crippen LogP contribution < -0.4 is 4.90 Å². The van der Waals surface area contributed by atoms with Crippen molar-refractivity contribution in [1.29, 1.82) is 0 Å². The van der Waals surface area contributed by atoms with Gasteiger partial charge in [-0.25, -0.2) is 15.0 Å². The molecule has 4 heterocycles. The lowest BCUT2D eigenvalue weighted by Gasteiger charge is -2.33. The number of benzene rings is 1. The van der Waals surface area contributed by atoms with Crippen LogP contribution in [0.3, 0.4) is 0 Å². The van der Waals surface area contributed by atoms with E-state index in [1.165, 1.54) is 5.56 Å². The number of morpholine rings is 1. The molecule has 8 heteroatoms. The predicted octanol–water partition coefficient (Wildman–Crippen LogP) is 1.71. The zero-order chi connectivity index (χ0) is 19.6. The summed E-state index contributed by atoms with van der Waals surface area (Å²) in [5, 5.41) is 0. The number of nitrogens with zero attached hydrogens (tertiary/aromatic N) is 5. The van der Waals surface area contributed by atoms with Gasteiger partial charge in [0.1, 0.15) is 18.0 Å². The van der Waals surface area contributed by atoms with E-state index in [1.807, 2.05) is 29.2 Å². The molecule has 5 rings (SSSR count). The normalized spacial score (nSPS) is 16.8. The van der Waals surface area contributed by atoms with Crippen LogP contribution in [0.1, 0.15) is 23.5 Å². The van der Waals surface area contributed by atoms with Crippen LogP contribution in [0, 0.1) is 0 Å². The fourth-order valence-electron chi connectivity index (χ4n) is 4.11. The largest absolute Gasteiger partial charge is 0.378 e. The number of imidazole rings is 1. The summed E-state index contributed by atoms with van der Waals surface area (Å²) in [6.45, 7) is 4.41. The molecule has 0 bridgehead atoms. The molecule has 0 atom stereocenters. The van der Waals surface area contributed by atoms with Crippen LogP contribution in [0.15, 0.2) is 30.6 Å². The molecular formula is C21H24N6O2. The van der Waals surface area contributed by atoms with E-state index in [4.69, 9.17) is 4.74 Å². The van der Waals surface area contributed by atoms with Gasteiger partial charge < -0.3 is 19.5 Å². The Hall–Kier alpha value is -3.00. The Morgan fingerprint density at radius 3 is 2.86 bits per heavy atom. The summed E-state index contributed by atoms with van der Waals surface area (Å²) in [5.74, 6) is 2.00. The Balaban J connectivity index is 1.25. The van der Waals surface area contributed by atoms with Gasteiger partial charge in [-0.1, -0.05) is 12.1 Å². The predicted molar refractivity (Wildman–Crippen MR) is 109 cm³/mol. The van der Waals surface area contributed by atoms with Gasteiger partial charge in [-0.3, -0.25) is 4.79 Å². The Kier molecular flexibility index (Phi) is 4.85. The summed E-state index contributed by atoms with van der Waals surface area (Å²) in [5.41, 5.74) is 4.09.